The zero-order chi connectivity index (χ0) is 17.7. The lowest BCUT2D eigenvalue weighted by Crippen LogP contribution is -2.37. The van der Waals surface area contributed by atoms with Gasteiger partial charge in [0.1, 0.15) is 12.1 Å². The van der Waals surface area contributed by atoms with Gasteiger partial charge in [-0.1, -0.05) is 37.3 Å². The monoisotopic (exact) mass is 339 g/mol. The van der Waals surface area contributed by atoms with Crippen molar-refractivity contribution >= 4 is 5.91 Å². The summed E-state index contributed by atoms with van der Waals surface area (Å²) < 4.78 is 39.9. The second-order valence-corrected chi connectivity index (χ2v) is 5.12. The van der Waals surface area contributed by atoms with Gasteiger partial charge < -0.3 is 5.32 Å². The van der Waals surface area contributed by atoms with E-state index in [1.165, 1.54) is 0 Å². The van der Waals surface area contributed by atoms with Gasteiger partial charge in [0.15, 0.2) is 0 Å². The maximum Gasteiger partial charge on any atom is 0.421 e. The van der Waals surface area contributed by atoms with Crippen molar-refractivity contribution in [1.82, 2.24) is 15.1 Å². The van der Waals surface area contributed by atoms with Crippen LogP contribution in [-0.4, -0.2) is 22.2 Å². The SMILES string of the molecule is CCCNC(=O)Cn1nc(-c2ccccc2)cc(C(F)(F)F)c1=O. The lowest BCUT2D eigenvalue weighted by Gasteiger charge is -2.12. The third-order valence-corrected chi connectivity index (χ3v) is 3.21. The van der Waals surface area contributed by atoms with Gasteiger partial charge in [0.05, 0.1) is 5.69 Å². The number of hydrogen-bond donors (Lipinski definition) is 1. The number of carbonyl (C=O) groups excluding carboxylic acids is 1. The molecule has 0 saturated heterocycles. The second-order valence-electron chi connectivity index (χ2n) is 5.12. The normalized spacial score (nSPS) is 11.3. The molecule has 1 heterocycles. The number of nitrogens with zero attached hydrogens (tertiary/aromatic N) is 2. The predicted molar refractivity (Wildman–Crippen MR) is 82.2 cm³/mol. The number of carbonyl (C=O) groups is 1. The molecule has 1 aromatic heterocycles. The molecule has 0 aliphatic rings. The summed E-state index contributed by atoms with van der Waals surface area (Å²) >= 11 is 0. The van der Waals surface area contributed by atoms with Crippen LogP contribution in [0.15, 0.2) is 41.2 Å². The minimum Gasteiger partial charge on any atom is -0.355 e. The van der Waals surface area contributed by atoms with Gasteiger partial charge in [-0.15, -0.1) is 0 Å². The molecule has 24 heavy (non-hydrogen) atoms. The molecule has 8 heteroatoms. The first-order chi connectivity index (χ1) is 11.3. The Balaban J connectivity index is 2.49. The molecule has 0 radical (unpaired) electrons. The van der Waals surface area contributed by atoms with Crippen LogP contribution in [0.2, 0.25) is 0 Å². The minimum absolute atomic E-state index is 0.0224. The molecule has 2 rings (SSSR count). The molecule has 0 bridgehead atoms. The zero-order valence-corrected chi connectivity index (χ0v) is 12.9. The van der Waals surface area contributed by atoms with Gasteiger partial charge in [0, 0.05) is 12.1 Å². The Labute approximate surface area is 136 Å². The number of benzene rings is 1. The molecule has 0 atom stereocenters. The van der Waals surface area contributed by atoms with Crippen molar-refractivity contribution in [3.05, 3.63) is 52.3 Å². The molecule has 0 spiro atoms. The van der Waals surface area contributed by atoms with Crippen molar-refractivity contribution in [3.63, 3.8) is 0 Å². The van der Waals surface area contributed by atoms with Crippen LogP contribution in [0.25, 0.3) is 11.3 Å². The average molecular weight is 339 g/mol. The van der Waals surface area contributed by atoms with E-state index in [0.29, 0.717) is 29.3 Å². The summed E-state index contributed by atoms with van der Waals surface area (Å²) in [4.78, 5) is 23.7. The maximum atomic E-state index is 13.1. The summed E-state index contributed by atoms with van der Waals surface area (Å²) in [6, 6.07) is 8.87. The largest absolute Gasteiger partial charge is 0.421 e. The molecule has 1 amide bonds. The van der Waals surface area contributed by atoms with Gasteiger partial charge in [-0.05, 0) is 12.5 Å². The minimum atomic E-state index is -4.83. The van der Waals surface area contributed by atoms with Crippen molar-refractivity contribution in [2.24, 2.45) is 0 Å². The van der Waals surface area contributed by atoms with Crippen LogP contribution in [0.4, 0.5) is 13.2 Å². The van der Waals surface area contributed by atoms with Crippen LogP contribution in [0.5, 0.6) is 0 Å². The summed E-state index contributed by atoms with van der Waals surface area (Å²) in [7, 11) is 0. The number of hydrogen-bond acceptors (Lipinski definition) is 3. The van der Waals surface area contributed by atoms with Gasteiger partial charge in [0.25, 0.3) is 5.56 Å². The molecule has 2 aromatic rings. The zero-order valence-electron chi connectivity index (χ0n) is 12.9. The Bertz CT molecular complexity index is 770. The topological polar surface area (TPSA) is 64.0 Å². The molecule has 0 saturated carbocycles. The molecule has 1 N–H and O–H groups in total. The first-order valence-electron chi connectivity index (χ1n) is 7.34. The number of rotatable bonds is 5. The number of nitrogens with one attached hydrogen (secondary N) is 1. The Morgan fingerprint density at radius 3 is 2.50 bits per heavy atom. The van der Waals surface area contributed by atoms with E-state index in [1.54, 1.807) is 30.3 Å². The highest BCUT2D eigenvalue weighted by Gasteiger charge is 2.35. The van der Waals surface area contributed by atoms with Gasteiger partial charge >= 0.3 is 6.18 Å². The quantitative estimate of drug-likeness (QED) is 0.910. The van der Waals surface area contributed by atoms with Crippen molar-refractivity contribution in [2.75, 3.05) is 6.54 Å². The summed E-state index contributed by atoms with van der Waals surface area (Å²) in [5.74, 6) is -0.565. The fourth-order valence-corrected chi connectivity index (χ4v) is 2.06. The van der Waals surface area contributed by atoms with E-state index in [1.807, 2.05) is 6.92 Å². The van der Waals surface area contributed by atoms with Crippen LogP contribution in [0.3, 0.4) is 0 Å². The molecule has 1 aromatic carbocycles. The van der Waals surface area contributed by atoms with Gasteiger partial charge in [-0.25, -0.2) is 4.68 Å². The molecule has 0 fully saturated rings. The van der Waals surface area contributed by atoms with Crippen molar-refractivity contribution in [2.45, 2.75) is 26.1 Å². The van der Waals surface area contributed by atoms with Gasteiger partial charge in [-0.2, -0.15) is 18.3 Å². The van der Waals surface area contributed by atoms with Crippen LogP contribution in [0, 0.1) is 0 Å². The summed E-state index contributed by atoms with van der Waals surface area (Å²) in [5, 5.41) is 6.41. The van der Waals surface area contributed by atoms with E-state index < -0.39 is 29.8 Å². The number of aromatic nitrogens is 2. The third-order valence-electron chi connectivity index (χ3n) is 3.21. The summed E-state index contributed by atoms with van der Waals surface area (Å²) in [6.07, 6.45) is -4.16. The van der Waals surface area contributed by atoms with E-state index in [0.717, 1.165) is 0 Å². The highest BCUT2D eigenvalue weighted by molar-refractivity contribution is 5.75. The molecule has 128 valence electrons. The van der Waals surface area contributed by atoms with Crippen molar-refractivity contribution < 1.29 is 18.0 Å². The average Bonchev–Trinajstić information content (AvgIpc) is 2.54. The van der Waals surface area contributed by atoms with Crippen LogP contribution in [0.1, 0.15) is 18.9 Å². The highest BCUT2D eigenvalue weighted by atomic mass is 19.4. The van der Waals surface area contributed by atoms with E-state index in [4.69, 9.17) is 0 Å². The number of alkyl halides is 3. The molecule has 0 unspecified atom stereocenters. The standard InChI is InChI=1S/C16H16F3N3O2/c1-2-8-20-14(23)10-22-15(24)12(16(17,18)19)9-13(21-22)11-6-4-3-5-7-11/h3-7,9H,2,8,10H2,1H3,(H,20,23). The molecule has 0 aliphatic heterocycles. The fourth-order valence-electron chi connectivity index (χ4n) is 2.06. The molecular weight excluding hydrogens is 323 g/mol. The van der Waals surface area contributed by atoms with Gasteiger partial charge in [0.2, 0.25) is 5.91 Å². The van der Waals surface area contributed by atoms with Crippen LogP contribution in [-0.2, 0) is 17.5 Å². The van der Waals surface area contributed by atoms with Crippen molar-refractivity contribution in [1.29, 1.82) is 0 Å². The van der Waals surface area contributed by atoms with Crippen LogP contribution < -0.4 is 10.9 Å². The lowest BCUT2D eigenvalue weighted by molar-refractivity contribution is -0.139. The van der Waals surface area contributed by atoms with E-state index >= 15 is 0 Å². The third kappa shape index (κ3) is 4.21. The summed E-state index contributed by atoms with van der Waals surface area (Å²) in [6.45, 7) is 1.64. The molecular formula is C16H16F3N3O2. The number of amides is 1. The van der Waals surface area contributed by atoms with Crippen molar-refractivity contribution in [3.8, 4) is 11.3 Å². The van der Waals surface area contributed by atoms with E-state index in [9.17, 15) is 22.8 Å². The Hall–Kier alpha value is -2.64. The number of halogens is 3. The lowest BCUT2D eigenvalue weighted by atomic mass is 10.1. The van der Waals surface area contributed by atoms with E-state index in [2.05, 4.69) is 10.4 Å². The molecule has 5 nitrogen and oxygen atoms in total. The first kappa shape index (κ1) is 17.7. The Morgan fingerprint density at radius 2 is 1.92 bits per heavy atom. The summed E-state index contributed by atoms with van der Waals surface area (Å²) in [5.41, 5.74) is -2.29. The second kappa shape index (κ2) is 7.29. The first-order valence-corrected chi connectivity index (χ1v) is 7.34. The van der Waals surface area contributed by atoms with Crippen LogP contribution >= 0.6 is 0 Å². The van der Waals surface area contributed by atoms with Gasteiger partial charge in [-0.3, -0.25) is 9.59 Å². The predicted octanol–water partition coefficient (Wildman–Crippen LogP) is 2.46. The fraction of sp³-hybridized carbons (Fsp3) is 0.312. The Kier molecular flexibility index (Phi) is 5.38. The highest BCUT2D eigenvalue weighted by Crippen LogP contribution is 2.28. The van der Waals surface area contributed by atoms with E-state index in [-0.39, 0.29) is 5.69 Å². The maximum absolute atomic E-state index is 13.1. The smallest absolute Gasteiger partial charge is 0.355 e. The Morgan fingerprint density at radius 1 is 1.25 bits per heavy atom. The molecule has 0 aliphatic carbocycles.